The molecule has 2 aliphatic heterocycles. The number of piperidine rings is 1. The van der Waals surface area contributed by atoms with Crippen LogP contribution in [0.25, 0.3) is 0 Å². The van der Waals surface area contributed by atoms with Crippen molar-refractivity contribution >= 4 is 39.2 Å². The molecule has 8 nitrogen and oxygen atoms in total. The zero-order valence-corrected chi connectivity index (χ0v) is 19.1. The van der Waals surface area contributed by atoms with Gasteiger partial charge in [-0.3, -0.25) is 14.4 Å². The van der Waals surface area contributed by atoms with E-state index in [-0.39, 0.29) is 41.7 Å². The average Bonchev–Trinajstić information content (AvgIpc) is 3.09. The monoisotopic (exact) mass is 469 g/mol. The first-order chi connectivity index (χ1) is 14.7. The van der Waals surface area contributed by atoms with E-state index < -0.39 is 15.9 Å². The van der Waals surface area contributed by atoms with E-state index in [1.807, 2.05) is 0 Å². The largest absolute Gasteiger partial charge is 0.351 e. The summed E-state index contributed by atoms with van der Waals surface area (Å²) in [6.45, 7) is 2.92. The molecular weight excluding hydrogens is 442 g/mol. The van der Waals surface area contributed by atoms with Crippen LogP contribution in [0.3, 0.4) is 0 Å². The van der Waals surface area contributed by atoms with E-state index in [2.05, 4.69) is 5.32 Å². The number of hydrogen-bond donors (Lipinski definition) is 1. The predicted octanol–water partition coefficient (Wildman–Crippen LogP) is 1.34. The van der Waals surface area contributed by atoms with Crippen molar-refractivity contribution in [3.8, 4) is 0 Å². The minimum Gasteiger partial charge on any atom is -0.351 e. The van der Waals surface area contributed by atoms with Gasteiger partial charge >= 0.3 is 0 Å². The second kappa shape index (κ2) is 9.99. The van der Waals surface area contributed by atoms with Gasteiger partial charge in [0.1, 0.15) is 0 Å². The number of halogens is 1. The van der Waals surface area contributed by atoms with Gasteiger partial charge in [-0.15, -0.1) is 0 Å². The SMILES string of the molecule is CCN(CC(=O)NC1CCS(=O)(=O)C1)C(=O)C1CCCN(C(=O)c2ccc(Cl)cc2)C1. The molecule has 0 aromatic heterocycles. The van der Waals surface area contributed by atoms with Crippen LogP contribution in [0.2, 0.25) is 5.02 Å². The van der Waals surface area contributed by atoms with Gasteiger partial charge in [0.2, 0.25) is 11.8 Å². The van der Waals surface area contributed by atoms with Crippen LogP contribution in [-0.2, 0) is 19.4 Å². The number of sulfone groups is 1. The molecule has 0 aliphatic carbocycles. The first kappa shape index (κ1) is 23.5. The number of nitrogens with one attached hydrogen (secondary N) is 1. The molecule has 2 heterocycles. The number of benzene rings is 1. The fourth-order valence-corrected chi connectivity index (χ4v) is 5.90. The van der Waals surface area contributed by atoms with Crippen molar-refractivity contribution < 1.29 is 22.8 Å². The van der Waals surface area contributed by atoms with E-state index in [0.29, 0.717) is 49.5 Å². The Morgan fingerprint density at radius 3 is 2.52 bits per heavy atom. The molecule has 1 aromatic carbocycles. The Hall–Kier alpha value is -2.13. The minimum atomic E-state index is -3.09. The molecule has 1 N–H and O–H groups in total. The fraction of sp³-hybridized carbons (Fsp3) is 0.571. The van der Waals surface area contributed by atoms with Crippen molar-refractivity contribution in [2.45, 2.75) is 32.2 Å². The summed E-state index contributed by atoms with van der Waals surface area (Å²) in [6, 6.07) is 6.26. The Labute approximate surface area is 187 Å². The molecule has 2 saturated heterocycles. The molecule has 3 rings (SSSR count). The van der Waals surface area contributed by atoms with E-state index in [1.54, 1.807) is 36.1 Å². The molecule has 0 spiro atoms. The molecule has 170 valence electrons. The quantitative estimate of drug-likeness (QED) is 0.677. The molecule has 2 aliphatic rings. The molecule has 3 amide bonds. The van der Waals surface area contributed by atoms with Gasteiger partial charge in [0, 0.05) is 36.3 Å². The van der Waals surface area contributed by atoms with Gasteiger partial charge in [0.05, 0.1) is 24.0 Å². The first-order valence-electron chi connectivity index (χ1n) is 10.5. The van der Waals surface area contributed by atoms with Gasteiger partial charge in [-0.25, -0.2) is 8.42 Å². The van der Waals surface area contributed by atoms with Crippen molar-refractivity contribution in [1.29, 1.82) is 0 Å². The molecule has 2 atom stereocenters. The number of likely N-dealkylation sites (tertiary alicyclic amines) is 1. The van der Waals surface area contributed by atoms with Crippen LogP contribution >= 0.6 is 11.6 Å². The Bertz CT molecular complexity index is 935. The van der Waals surface area contributed by atoms with Gasteiger partial charge < -0.3 is 15.1 Å². The normalized spacial score (nSPS) is 22.7. The zero-order chi connectivity index (χ0) is 22.6. The number of amides is 3. The van der Waals surface area contributed by atoms with Crippen LogP contribution in [0.15, 0.2) is 24.3 Å². The second-order valence-corrected chi connectivity index (χ2v) is 10.8. The maximum atomic E-state index is 13.0. The molecule has 2 fully saturated rings. The third kappa shape index (κ3) is 6.20. The summed E-state index contributed by atoms with van der Waals surface area (Å²) in [5, 5.41) is 3.27. The summed E-state index contributed by atoms with van der Waals surface area (Å²) in [7, 11) is -3.09. The van der Waals surface area contributed by atoms with Crippen LogP contribution in [0.1, 0.15) is 36.5 Å². The van der Waals surface area contributed by atoms with E-state index >= 15 is 0 Å². The molecule has 10 heteroatoms. The summed E-state index contributed by atoms with van der Waals surface area (Å²) in [5.41, 5.74) is 0.524. The predicted molar refractivity (Wildman–Crippen MR) is 118 cm³/mol. The average molecular weight is 470 g/mol. The second-order valence-electron chi connectivity index (χ2n) is 8.12. The Balaban J connectivity index is 1.57. The van der Waals surface area contributed by atoms with E-state index in [9.17, 15) is 22.8 Å². The number of carbonyl (C=O) groups excluding carboxylic acids is 3. The summed E-state index contributed by atoms with van der Waals surface area (Å²) >= 11 is 5.89. The lowest BCUT2D eigenvalue weighted by atomic mass is 9.95. The minimum absolute atomic E-state index is 0.0524. The number of nitrogens with zero attached hydrogens (tertiary/aromatic N) is 2. The third-order valence-electron chi connectivity index (χ3n) is 5.77. The van der Waals surface area contributed by atoms with E-state index in [4.69, 9.17) is 11.6 Å². The van der Waals surface area contributed by atoms with Crippen LogP contribution in [-0.4, -0.2) is 79.7 Å². The van der Waals surface area contributed by atoms with Gasteiger partial charge in [-0.2, -0.15) is 0 Å². The summed E-state index contributed by atoms with van der Waals surface area (Å²) in [6.07, 6.45) is 1.76. The zero-order valence-electron chi connectivity index (χ0n) is 17.5. The Kier molecular flexibility index (Phi) is 7.59. The summed E-state index contributed by atoms with van der Waals surface area (Å²) in [4.78, 5) is 41.4. The molecule has 1 aromatic rings. The smallest absolute Gasteiger partial charge is 0.253 e. The van der Waals surface area contributed by atoms with Crippen LogP contribution in [0.4, 0.5) is 0 Å². The van der Waals surface area contributed by atoms with E-state index in [1.165, 1.54) is 4.90 Å². The first-order valence-corrected chi connectivity index (χ1v) is 12.7. The summed E-state index contributed by atoms with van der Waals surface area (Å²) < 4.78 is 23.1. The van der Waals surface area contributed by atoms with Crippen LogP contribution in [0.5, 0.6) is 0 Å². The van der Waals surface area contributed by atoms with Crippen molar-refractivity contribution in [2.24, 2.45) is 5.92 Å². The molecule has 31 heavy (non-hydrogen) atoms. The summed E-state index contributed by atoms with van der Waals surface area (Å²) in [5.74, 6) is -1.01. The highest BCUT2D eigenvalue weighted by Crippen LogP contribution is 2.21. The van der Waals surface area contributed by atoms with Crippen molar-refractivity contribution in [3.63, 3.8) is 0 Å². The van der Waals surface area contributed by atoms with Gasteiger partial charge in [-0.05, 0) is 50.5 Å². The highest BCUT2D eigenvalue weighted by molar-refractivity contribution is 7.91. The Morgan fingerprint density at radius 1 is 1.19 bits per heavy atom. The molecule has 0 radical (unpaired) electrons. The maximum absolute atomic E-state index is 13.0. The van der Waals surface area contributed by atoms with Crippen molar-refractivity contribution in [1.82, 2.24) is 15.1 Å². The molecule has 0 saturated carbocycles. The standard InChI is InChI=1S/C21H28ClN3O5S/c1-2-24(13-19(26)23-18-9-11-31(29,30)14-18)21(28)16-4-3-10-25(12-16)20(27)15-5-7-17(22)8-6-15/h5-8,16,18H,2-4,9-14H2,1H3,(H,23,26). The van der Waals surface area contributed by atoms with Crippen LogP contribution in [0, 0.1) is 5.92 Å². The topological polar surface area (TPSA) is 104 Å². The molecule has 2 unspecified atom stereocenters. The lowest BCUT2D eigenvalue weighted by Gasteiger charge is -2.34. The number of hydrogen-bond acceptors (Lipinski definition) is 5. The number of rotatable bonds is 6. The highest BCUT2D eigenvalue weighted by atomic mass is 35.5. The number of carbonyl (C=O) groups is 3. The van der Waals surface area contributed by atoms with Gasteiger partial charge in [0.25, 0.3) is 5.91 Å². The lowest BCUT2D eigenvalue weighted by Crippen LogP contribution is -2.50. The van der Waals surface area contributed by atoms with E-state index in [0.717, 1.165) is 0 Å². The lowest BCUT2D eigenvalue weighted by molar-refractivity contribution is -0.140. The van der Waals surface area contributed by atoms with Crippen molar-refractivity contribution in [3.05, 3.63) is 34.9 Å². The molecular formula is C21H28ClN3O5S. The number of likely N-dealkylation sites (N-methyl/N-ethyl adjacent to an activating group) is 1. The van der Waals surface area contributed by atoms with Gasteiger partial charge in [-0.1, -0.05) is 11.6 Å². The van der Waals surface area contributed by atoms with Crippen molar-refractivity contribution in [2.75, 3.05) is 37.7 Å². The molecule has 0 bridgehead atoms. The third-order valence-corrected chi connectivity index (χ3v) is 7.79. The fourth-order valence-electron chi connectivity index (χ4n) is 4.10. The maximum Gasteiger partial charge on any atom is 0.253 e. The van der Waals surface area contributed by atoms with Crippen LogP contribution < -0.4 is 5.32 Å². The highest BCUT2D eigenvalue weighted by Gasteiger charge is 2.33. The van der Waals surface area contributed by atoms with Gasteiger partial charge in [0.15, 0.2) is 9.84 Å². The Morgan fingerprint density at radius 2 is 1.90 bits per heavy atom.